The Morgan fingerprint density at radius 3 is 2.53 bits per heavy atom. The van der Waals surface area contributed by atoms with E-state index in [4.69, 9.17) is 15.2 Å². The van der Waals surface area contributed by atoms with Crippen LogP contribution in [0, 0.1) is 0 Å². The average molecular weight is 265 g/mol. The normalized spacial score (nSPS) is 12.3. The maximum atomic E-state index is 12.0. The molecule has 0 saturated heterocycles. The number of carbonyl (C=O) groups excluding carboxylic acids is 1. The summed E-state index contributed by atoms with van der Waals surface area (Å²) in [4.78, 5) is 12.0. The van der Waals surface area contributed by atoms with Gasteiger partial charge in [0.15, 0.2) is 0 Å². The lowest BCUT2D eigenvalue weighted by Crippen LogP contribution is -2.24. The number of rotatable bonds is 6. The molecule has 106 valence electrons. The van der Waals surface area contributed by atoms with Crippen molar-refractivity contribution in [1.82, 2.24) is 0 Å². The molecule has 1 rings (SSSR count). The van der Waals surface area contributed by atoms with Crippen LogP contribution >= 0.6 is 0 Å². The number of nitrogens with two attached hydrogens (primary N) is 1. The lowest BCUT2D eigenvalue weighted by atomic mass is 9.93. The molecule has 1 unspecified atom stereocenters. The largest absolute Gasteiger partial charge is 0.496 e. The molecule has 0 spiro atoms. The molecule has 0 saturated carbocycles. The van der Waals surface area contributed by atoms with Crippen molar-refractivity contribution in [3.8, 4) is 5.75 Å². The van der Waals surface area contributed by atoms with Gasteiger partial charge in [-0.15, -0.1) is 0 Å². The van der Waals surface area contributed by atoms with Crippen LogP contribution < -0.4 is 10.5 Å². The number of benzene rings is 1. The summed E-state index contributed by atoms with van der Waals surface area (Å²) in [6.07, 6.45) is 0. The number of esters is 1. The minimum Gasteiger partial charge on any atom is -0.496 e. The zero-order valence-corrected chi connectivity index (χ0v) is 12.1. The Morgan fingerprint density at radius 1 is 1.37 bits per heavy atom. The summed E-state index contributed by atoms with van der Waals surface area (Å²) in [5, 5.41) is 0. The summed E-state index contributed by atoms with van der Waals surface area (Å²) in [5.74, 6) is 0.274. The van der Waals surface area contributed by atoms with Gasteiger partial charge in [-0.3, -0.25) is 4.79 Å². The maximum absolute atomic E-state index is 12.0. The molecular weight excluding hydrogens is 242 g/mol. The van der Waals surface area contributed by atoms with Crippen LogP contribution in [0.2, 0.25) is 0 Å². The first kappa shape index (κ1) is 15.5. The number of carbonyl (C=O) groups is 1. The number of ether oxygens (including phenoxy) is 2. The molecule has 0 aliphatic heterocycles. The van der Waals surface area contributed by atoms with Crippen LogP contribution in [0.25, 0.3) is 0 Å². The summed E-state index contributed by atoms with van der Waals surface area (Å²) in [6.45, 7) is 6.55. The van der Waals surface area contributed by atoms with Crippen molar-refractivity contribution in [2.45, 2.75) is 32.6 Å². The van der Waals surface area contributed by atoms with Gasteiger partial charge < -0.3 is 15.2 Å². The van der Waals surface area contributed by atoms with Gasteiger partial charge in [-0.1, -0.05) is 26.0 Å². The maximum Gasteiger partial charge on any atom is 0.314 e. The highest BCUT2D eigenvalue weighted by Crippen LogP contribution is 2.30. The predicted molar refractivity (Wildman–Crippen MR) is 75.5 cm³/mol. The Labute approximate surface area is 114 Å². The van der Waals surface area contributed by atoms with E-state index in [0.29, 0.717) is 18.3 Å². The standard InChI is InChI=1S/C15H23NO3/c1-5-19-15(17)13(9-16)12-8-11(10(2)3)6-7-14(12)18-4/h6-8,10,13H,5,9,16H2,1-4H3. The van der Waals surface area contributed by atoms with Gasteiger partial charge in [-0.05, 0) is 24.5 Å². The van der Waals surface area contributed by atoms with Crippen molar-refractivity contribution < 1.29 is 14.3 Å². The average Bonchev–Trinajstić information content (AvgIpc) is 2.39. The van der Waals surface area contributed by atoms with Gasteiger partial charge in [0, 0.05) is 12.1 Å². The van der Waals surface area contributed by atoms with Crippen LogP contribution in [0.1, 0.15) is 43.7 Å². The Morgan fingerprint density at radius 2 is 2.05 bits per heavy atom. The van der Waals surface area contributed by atoms with Crippen LogP contribution in [-0.4, -0.2) is 26.2 Å². The number of methoxy groups -OCH3 is 1. The minimum atomic E-state index is -0.478. The molecule has 1 atom stereocenters. The zero-order valence-electron chi connectivity index (χ0n) is 12.1. The molecule has 2 N–H and O–H groups in total. The number of hydrogen-bond donors (Lipinski definition) is 1. The molecule has 0 aliphatic carbocycles. The van der Waals surface area contributed by atoms with Crippen molar-refractivity contribution in [1.29, 1.82) is 0 Å². The lowest BCUT2D eigenvalue weighted by molar-refractivity contribution is -0.144. The highest BCUT2D eigenvalue weighted by Gasteiger charge is 2.24. The fourth-order valence-corrected chi connectivity index (χ4v) is 1.98. The molecule has 4 heteroatoms. The number of hydrogen-bond acceptors (Lipinski definition) is 4. The third-order valence-corrected chi connectivity index (χ3v) is 3.10. The highest BCUT2D eigenvalue weighted by molar-refractivity contribution is 5.79. The van der Waals surface area contributed by atoms with Crippen molar-refractivity contribution in [3.63, 3.8) is 0 Å². The van der Waals surface area contributed by atoms with Gasteiger partial charge in [0.2, 0.25) is 0 Å². The van der Waals surface area contributed by atoms with Crippen LogP contribution in [0.3, 0.4) is 0 Å². The van der Waals surface area contributed by atoms with Crippen LogP contribution in [0.15, 0.2) is 18.2 Å². The van der Waals surface area contributed by atoms with Crippen LogP contribution in [0.4, 0.5) is 0 Å². The van der Waals surface area contributed by atoms with Gasteiger partial charge in [-0.2, -0.15) is 0 Å². The first-order valence-electron chi connectivity index (χ1n) is 6.59. The summed E-state index contributed by atoms with van der Waals surface area (Å²) in [5.41, 5.74) is 7.68. The molecular formula is C15H23NO3. The third kappa shape index (κ3) is 3.70. The lowest BCUT2D eigenvalue weighted by Gasteiger charge is -2.19. The molecule has 4 nitrogen and oxygen atoms in total. The summed E-state index contributed by atoms with van der Waals surface area (Å²) in [6, 6.07) is 5.87. The van der Waals surface area contributed by atoms with E-state index >= 15 is 0 Å². The predicted octanol–water partition coefficient (Wildman–Crippen LogP) is 2.42. The molecule has 0 radical (unpaired) electrons. The highest BCUT2D eigenvalue weighted by atomic mass is 16.5. The summed E-state index contributed by atoms with van der Waals surface area (Å²) < 4.78 is 10.4. The van der Waals surface area contributed by atoms with Gasteiger partial charge >= 0.3 is 5.97 Å². The molecule has 19 heavy (non-hydrogen) atoms. The Balaban J connectivity index is 3.19. The molecule has 1 aromatic rings. The zero-order chi connectivity index (χ0) is 14.4. The van der Waals surface area contributed by atoms with E-state index in [0.717, 1.165) is 11.1 Å². The van der Waals surface area contributed by atoms with E-state index in [-0.39, 0.29) is 12.5 Å². The SMILES string of the molecule is CCOC(=O)C(CN)c1cc(C(C)C)ccc1OC. The van der Waals surface area contributed by atoms with Gasteiger partial charge in [0.05, 0.1) is 19.6 Å². The van der Waals surface area contributed by atoms with Crippen molar-refractivity contribution in [2.75, 3.05) is 20.3 Å². The quantitative estimate of drug-likeness (QED) is 0.802. The summed E-state index contributed by atoms with van der Waals surface area (Å²) >= 11 is 0. The third-order valence-electron chi connectivity index (χ3n) is 3.10. The molecule has 0 aromatic heterocycles. The topological polar surface area (TPSA) is 61.5 Å². The van der Waals surface area contributed by atoms with Crippen LogP contribution in [0.5, 0.6) is 5.75 Å². The van der Waals surface area contributed by atoms with Crippen molar-refractivity contribution >= 4 is 5.97 Å². The Bertz CT molecular complexity index is 429. The van der Waals surface area contributed by atoms with E-state index < -0.39 is 5.92 Å². The van der Waals surface area contributed by atoms with Crippen molar-refractivity contribution in [2.24, 2.45) is 5.73 Å². The first-order valence-corrected chi connectivity index (χ1v) is 6.59. The fourth-order valence-electron chi connectivity index (χ4n) is 1.98. The smallest absolute Gasteiger partial charge is 0.314 e. The van der Waals surface area contributed by atoms with E-state index in [2.05, 4.69) is 13.8 Å². The van der Waals surface area contributed by atoms with Gasteiger partial charge in [-0.25, -0.2) is 0 Å². The second kappa shape index (κ2) is 7.14. The Hall–Kier alpha value is -1.55. The fraction of sp³-hybridized carbons (Fsp3) is 0.533. The van der Waals surface area contributed by atoms with Gasteiger partial charge in [0.1, 0.15) is 5.75 Å². The van der Waals surface area contributed by atoms with Gasteiger partial charge in [0.25, 0.3) is 0 Å². The molecule has 0 fully saturated rings. The molecule has 0 bridgehead atoms. The second-order valence-corrected chi connectivity index (χ2v) is 4.70. The van der Waals surface area contributed by atoms with E-state index in [9.17, 15) is 4.79 Å². The molecule has 0 heterocycles. The van der Waals surface area contributed by atoms with E-state index in [1.807, 2.05) is 18.2 Å². The van der Waals surface area contributed by atoms with Crippen LogP contribution in [-0.2, 0) is 9.53 Å². The molecule has 1 aromatic carbocycles. The Kier molecular flexibility index (Phi) is 5.83. The van der Waals surface area contributed by atoms with Crippen molar-refractivity contribution in [3.05, 3.63) is 29.3 Å². The second-order valence-electron chi connectivity index (χ2n) is 4.70. The molecule has 0 aliphatic rings. The molecule has 0 amide bonds. The van der Waals surface area contributed by atoms with E-state index in [1.54, 1.807) is 14.0 Å². The summed E-state index contributed by atoms with van der Waals surface area (Å²) in [7, 11) is 1.59. The monoisotopic (exact) mass is 265 g/mol. The first-order chi connectivity index (χ1) is 9.04. The minimum absolute atomic E-state index is 0.205. The van der Waals surface area contributed by atoms with E-state index in [1.165, 1.54) is 0 Å².